The van der Waals surface area contributed by atoms with Gasteiger partial charge in [0.1, 0.15) is 19.0 Å². The number of hydrogen-bond acceptors (Lipinski definition) is 7. The molecule has 2 unspecified atom stereocenters. The molecule has 0 aliphatic carbocycles. The molecule has 0 amide bonds. The third kappa shape index (κ3) is 4.96. The van der Waals surface area contributed by atoms with E-state index in [1.807, 2.05) is 23.9 Å². The van der Waals surface area contributed by atoms with E-state index in [2.05, 4.69) is 9.75 Å². The van der Waals surface area contributed by atoms with Gasteiger partial charge in [-0.3, -0.25) is 14.3 Å². The summed E-state index contributed by atoms with van der Waals surface area (Å²) in [4.78, 5) is 42.3. The van der Waals surface area contributed by atoms with Crippen LogP contribution in [0.4, 0.5) is 0 Å². The Kier molecular flexibility index (Phi) is 6.61. The summed E-state index contributed by atoms with van der Waals surface area (Å²) in [7, 11) is 5.20. The number of methoxy groups -OCH3 is 1. The van der Waals surface area contributed by atoms with Gasteiger partial charge >= 0.3 is 5.69 Å². The maximum atomic E-state index is 12.7. The molecule has 1 aromatic rings. The van der Waals surface area contributed by atoms with E-state index < -0.39 is 36.3 Å². The highest BCUT2D eigenvalue weighted by molar-refractivity contribution is 8.08. The smallest absolute Gasteiger partial charge is 0.330 e. The van der Waals surface area contributed by atoms with Crippen molar-refractivity contribution in [1.82, 2.24) is 19.4 Å². The van der Waals surface area contributed by atoms with Crippen molar-refractivity contribution in [2.24, 2.45) is 4.76 Å². The molecular formula is C16H25N5O6PS-. The first kappa shape index (κ1) is 22.1. The fourth-order valence-electron chi connectivity index (χ4n) is 3.32. The van der Waals surface area contributed by atoms with E-state index >= 15 is 0 Å². The molecule has 2 aliphatic heterocycles. The minimum absolute atomic E-state index is 0.100. The predicted octanol–water partition coefficient (Wildman–Crippen LogP) is -1.02. The van der Waals surface area contributed by atoms with Crippen LogP contribution in [0.1, 0.15) is 18.2 Å². The van der Waals surface area contributed by atoms with Crippen molar-refractivity contribution >= 4 is 24.4 Å². The molecule has 1 N–H and O–H groups in total. The second-order valence-electron chi connectivity index (χ2n) is 7.13. The normalized spacial score (nSPS) is 26.8. The first-order valence-corrected chi connectivity index (χ1v) is 11.7. The molecule has 0 bridgehead atoms. The van der Waals surface area contributed by atoms with E-state index in [1.54, 1.807) is 6.92 Å². The zero-order chi connectivity index (χ0) is 21.3. The van der Waals surface area contributed by atoms with Gasteiger partial charge in [-0.1, -0.05) is 11.8 Å². The van der Waals surface area contributed by atoms with E-state index in [4.69, 9.17) is 25.8 Å². The van der Waals surface area contributed by atoms with E-state index in [0.717, 1.165) is 13.1 Å². The molecule has 2 fully saturated rings. The van der Waals surface area contributed by atoms with E-state index in [9.17, 15) is 14.5 Å². The predicted molar refractivity (Wildman–Crippen MR) is 108 cm³/mol. The molecule has 0 aromatic carbocycles. The number of nitrogens with one attached hydrogen (secondary N) is 1. The second kappa shape index (κ2) is 8.66. The van der Waals surface area contributed by atoms with Crippen LogP contribution in [-0.2, 0) is 25.8 Å². The molecule has 162 valence electrons. The van der Waals surface area contributed by atoms with Gasteiger partial charge in [0, 0.05) is 52.5 Å². The monoisotopic (exact) mass is 446 g/mol. The van der Waals surface area contributed by atoms with Crippen LogP contribution in [0.15, 0.2) is 20.5 Å². The summed E-state index contributed by atoms with van der Waals surface area (Å²) >= 11 is 5.07. The van der Waals surface area contributed by atoms with Gasteiger partial charge in [0.25, 0.3) is 5.56 Å². The Labute approximate surface area is 173 Å². The van der Waals surface area contributed by atoms with E-state index in [0.29, 0.717) is 17.9 Å². The van der Waals surface area contributed by atoms with Crippen LogP contribution < -0.4 is 16.1 Å². The zero-order valence-corrected chi connectivity index (χ0v) is 18.4. The number of ether oxygens (including phenoxy) is 2. The maximum absolute atomic E-state index is 12.7. The van der Waals surface area contributed by atoms with Gasteiger partial charge in [0.15, 0.2) is 0 Å². The lowest BCUT2D eigenvalue weighted by Crippen LogP contribution is -2.33. The quantitative estimate of drug-likeness (QED) is 0.547. The number of hydrogen-bond donors (Lipinski definition) is 1. The third-order valence-electron chi connectivity index (χ3n) is 5.01. The maximum Gasteiger partial charge on any atom is 0.330 e. The standard InChI is InChI=1S/C16H26N5O6PS/c1-10-8-21(16(23)17-14(10)22)13-7-11(25-4)12(27-13)9-26-28(24,29)18-15-19(2)5-6-20(15)3/h8,11-13H,5-7,9H2,1-4H3,(H,24,29)(H,17,22,23)/p-1/t11?,12-,13-,28?/m1/s1. The Morgan fingerprint density at radius 1 is 1.38 bits per heavy atom. The van der Waals surface area contributed by atoms with Crippen LogP contribution in [0.25, 0.3) is 0 Å². The minimum Gasteiger partial charge on any atom is -0.784 e. The van der Waals surface area contributed by atoms with Crippen molar-refractivity contribution in [3.63, 3.8) is 0 Å². The van der Waals surface area contributed by atoms with Gasteiger partial charge in [-0.15, -0.1) is 0 Å². The summed E-state index contributed by atoms with van der Waals surface area (Å²) in [5.74, 6) is 0.520. The van der Waals surface area contributed by atoms with Crippen LogP contribution >= 0.6 is 6.64 Å². The number of aromatic amines is 1. The van der Waals surface area contributed by atoms with Gasteiger partial charge in [0.2, 0.25) is 5.96 Å². The molecule has 0 radical (unpaired) electrons. The molecule has 0 spiro atoms. The highest BCUT2D eigenvalue weighted by Crippen LogP contribution is 2.42. The van der Waals surface area contributed by atoms with Crippen molar-refractivity contribution in [3.8, 4) is 0 Å². The lowest BCUT2D eigenvalue weighted by Gasteiger charge is -2.28. The Morgan fingerprint density at radius 3 is 2.66 bits per heavy atom. The van der Waals surface area contributed by atoms with Crippen molar-refractivity contribution in [3.05, 3.63) is 32.6 Å². The van der Waals surface area contributed by atoms with Gasteiger partial charge in [0.05, 0.1) is 12.7 Å². The van der Waals surface area contributed by atoms with Crippen LogP contribution in [-0.4, -0.2) is 78.4 Å². The first-order valence-electron chi connectivity index (χ1n) is 9.09. The van der Waals surface area contributed by atoms with E-state index in [-0.39, 0.29) is 6.61 Å². The van der Waals surface area contributed by atoms with Crippen LogP contribution in [0.2, 0.25) is 0 Å². The first-order chi connectivity index (χ1) is 13.6. The number of rotatable bonds is 6. The molecule has 2 saturated heterocycles. The van der Waals surface area contributed by atoms with Gasteiger partial charge in [-0.2, -0.15) is 0 Å². The molecule has 2 aliphatic rings. The molecule has 3 heterocycles. The second-order valence-corrected chi connectivity index (χ2v) is 9.90. The number of aromatic nitrogens is 2. The lowest BCUT2D eigenvalue weighted by atomic mass is 10.2. The molecule has 1 aromatic heterocycles. The number of likely N-dealkylation sites (N-methyl/N-ethyl adjacent to an activating group) is 2. The van der Waals surface area contributed by atoms with Crippen molar-refractivity contribution < 1.29 is 18.9 Å². The van der Waals surface area contributed by atoms with Crippen molar-refractivity contribution in [2.45, 2.75) is 31.8 Å². The zero-order valence-electron chi connectivity index (χ0n) is 16.7. The average molecular weight is 446 g/mol. The fraction of sp³-hybridized carbons (Fsp3) is 0.688. The summed E-state index contributed by atoms with van der Waals surface area (Å²) in [6.07, 6.45) is 0.146. The summed E-state index contributed by atoms with van der Waals surface area (Å²) in [5, 5.41) is 0. The minimum atomic E-state index is -3.69. The molecule has 0 saturated carbocycles. The summed E-state index contributed by atoms with van der Waals surface area (Å²) in [6, 6.07) is 0. The number of guanidine groups is 1. The van der Waals surface area contributed by atoms with Gasteiger partial charge in [-0.25, -0.2) is 9.56 Å². The van der Waals surface area contributed by atoms with Crippen molar-refractivity contribution in [1.29, 1.82) is 0 Å². The van der Waals surface area contributed by atoms with Gasteiger partial charge < -0.3 is 28.7 Å². The largest absolute Gasteiger partial charge is 0.784 e. The van der Waals surface area contributed by atoms with Crippen LogP contribution in [0, 0.1) is 6.92 Å². The van der Waals surface area contributed by atoms with Gasteiger partial charge in [-0.05, 0) is 6.92 Å². The third-order valence-corrected chi connectivity index (χ3v) is 6.47. The Bertz CT molecular complexity index is 936. The summed E-state index contributed by atoms with van der Waals surface area (Å²) in [5.41, 5.74) is -0.632. The average Bonchev–Trinajstić information content (AvgIpc) is 3.21. The molecular weight excluding hydrogens is 421 g/mol. The molecule has 3 rings (SSSR count). The highest BCUT2D eigenvalue weighted by atomic mass is 32.5. The van der Waals surface area contributed by atoms with Crippen LogP contribution in [0.5, 0.6) is 0 Å². The molecule has 11 nitrogen and oxygen atoms in total. The highest BCUT2D eigenvalue weighted by Gasteiger charge is 2.37. The Morgan fingerprint density at radius 2 is 2.03 bits per heavy atom. The lowest BCUT2D eigenvalue weighted by molar-refractivity contribution is -0.186. The Hall–Kier alpha value is -1.56. The topological polar surface area (TPSA) is 124 Å². The number of H-pyrrole nitrogens is 1. The number of aryl methyl sites for hydroxylation is 1. The molecule has 29 heavy (non-hydrogen) atoms. The Balaban J connectivity index is 1.70. The number of nitrogens with zero attached hydrogens (tertiary/aromatic N) is 4. The summed E-state index contributed by atoms with van der Waals surface area (Å²) < 4.78 is 22.2. The molecule has 13 heteroatoms. The molecule has 4 atom stereocenters. The van der Waals surface area contributed by atoms with E-state index in [1.165, 1.54) is 17.9 Å². The fourth-order valence-corrected chi connectivity index (χ4v) is 4.64. The SMILES string of the molecule is COC1C[C@H](n2cc(C)c(=O)[nH]c2=O)O[C@@H]1COP([O-])(=S)N=C1N(C)CCN1C. The summed E-state index contributed by atoms with van der Waals surface area (Å²) in [6.45, 7) is -0.664. The van der Waals surface area contributed by atoms with Crippen molar-refractivity contribution in [2.75, 3.05) is 40.9 Å². The van der Waals surface area contributed by atoms with Crippen LogP contribution in [0.3, 0.4) is 0 Å².